The zero-order valence-electron chi connectivity index (χ0n) is 12.3. The van der Waals surface area contributed by atoms with E-state index in [4.69, 9.17) is 0 Å². The van der Waals surface area contributed by atoms with Gasteiger partial charge in [0.15, 0.2) is 0 Å². The van der Waals surface area contributed by atoms with Crippen LogP contribution in [0.1, 0.15) is 40.8 Å². The number of hydrogen-bond acceptors (Lipinski definition) is 1. The minimum Gasteiger partial charge on any atom is -0.307 e. The van der Waals surface area contributed by atoms with Gasteiger partial charge < -0.3 is 5.32 Å². The summed E-state index contributed by atoms with van der Waals surface area (Å²) in [5, 5.41) is 3.60. The molecule has 1 atom stereocenters. The van der Waals surface area contributed by atoms with Crippen LogP contribution < -0.4 is 5.32 Å². The number of nitrogens with one attached hydrogen (secondary N) is 1. The highest BCUT2D eigenvalue weighted by molar-refractivity contribution is 5.38. The molecule has 0 radical (unpaired) electrons. The fraction of sp³-hybridized carbons (Fsp3) is 0.333. The van der Waals surface area contributed by atoms with E-state index < -0.39 is 0 Å². The summed E-state index contributed by atoms with van der Waals surface area (Å²) >= 11 is 0. The Morgan fingerprint density at radius 3 is 2.05 bits per heavy atom. The quantitative estimate of drug-likeness (QED) is 0.856. The van der Waals surface area contributed by atoms with E-state index in [1.165, 1.54) is 27.8 Å². The van der Waals surface area contributed by atoms with Gasteiger partial charge in [0.1, 0.15) is 0 Å². The fourth-order valence-corrected chi connectivity index (χ4v) is 2.66. The predicted molar refractivity (Wildman–Crippen MR) is 82.6 cm³/mol. The molecule has 0 aromatic heterocycles. The Morgan fingerprint density at radius 2 is 1.47 bits per heavy atom. The second-order valence-electron chi connectivity index (χ2n) is 5.33. The minimum absolute atomic E-state index is 0.281. The molecule has 0 bridgehead atoms. The molecule has 100 valence electrons. The van der Waals surface area contributed by atoms with Crippen molar-refractivity contribution in [3.8, 4) is 0 Å². The molecule has 1 unspecified atom stereocenters. The normalized spacial score (nSPS) is 12.4. The highest BCUT2D eigenvalue weighted by Crippen LogP contribution is 2.24. The van der Waals surface area contributed by atoms with Crippen molar-refractivity contribution in [2.24, 2.45) is 0 Å². The molecule has 2 rings (SSSR count). The molecule has 2 aromatic carbocycles. The molecule has 1 heteroatoms. The SMILES string of the molecule is CCNC(c1cccc(C)c1)c1cc(C)cc(C)c1. The van der Waals surface area contributed by atoms with Gasteiger partial charge in [-0.1, -0.05) is 66.1 Å². The second-order valence-corrected chi connectivity index (χ2v) is 5.33. The van der Waals surface area contributed by atoms with Crippen molar-refractivity contribution in [3.05, 3.63) is 70.3 Å². The van der Waals surface area contributed by atoms with Gasteiger partial charge in [-0.3, -0.25) is 0 Å². The topological polar surface area (TPSA) is 12.0 Å². The lowest BCUT2D eigenvalue weighted by Gasteiger charge is -2.20. The standard InChI is InChI=1S/C18H23N/c1-5-19-18(16-8-6-7-13(2)10-16)17-11-14(3)9-15(4)12-17/h6-12,18-19H,5H2,1-4H3. The van der Waals surface area contributed by atoms with E-state index in [9.17, 15) is 0 Å². The van der Waals surface area contributed by atoms with Crippen molar-refractivity contribution in [2.75, 3.05) is 6.54 Å². The monoisotopic (exact) mass is 253 g/mol. The summed E-state index contributed by atoms with van der Waals surface area (Å²) in [7, 11) is 0. The molecule has 0 aliphatic heterocycles. The van der Waals surface area contributed by atoms with Gasteiger partial charge >= 0.3 is 0 Å². The molecule has 0 aliphatic rings. The lowest BCUT2D eigenvalue weighted by atomic mass is 9.94. The summed E-state index contributed by atoms with van der Waals surface area (Å²) in [6.07, 6.45) is 0. The zero-order valence-corrected chi connectivity index (χ0v) is 12.3. The molecule has 2 aromatic rings. The van der Waals surface area contributed by atoms with E-state index in [2.05, 4.69) is 75.5 Å². The van der Waals surface area contributed by atoms with Crippen LogP contribution in [0, 0.1) is 20.8 Å². The first-order valence-electron chi connectivity index (χ1n) is 6.98. The third-order valence-electron chi connectivity index (χ3n) is 3.36. The number of benzene rings is 2. The maximum absolute atomic E-state index is 3.60. The van der Waals surface area contributed by atoms with Crippen LogP contribution in [0.25, 0.3) is 0 Å². The summed E-state index contributed by atoms with van der Waals surface area (Å²) in [5.41, 5.74) is 6.65. The Bertz CT molecular complexity index is 537. The van der Waals surface area contributed by atoms with Crippen LogP contribution in [0.2, 0.25) is 0 Å². The Hall–Kier alpha value is -1.60. The Kier molecular flexibility index (Phi) is 4.39. The molecule has 0 saturated heterocycles. The van der Waals surface area contributed by atoms with Crippen molar-refractivity contribution in [1.29, 1.82) is 0 Å². The molecule has 0 spiro atoms. The highest BCUT2D eigenvalue weighted by Gasteiger charge is 2.13. The van der Waals surface area contributed by atoms with Gasteiger partial charge in [-0.05, 0) is 38.4 Å². The van der Waals surface area contributed by atoms with E-state index >= 15 is 0 Å². The van der Waals surface area contributed by atoms with Crippen LogP contribution in [0.5, 0.6) is 0 Å². The summed E-state index contributed by atoms with van der Waals surface area (Å²) in [4.78, 5) is 0. The average Bonchev–Trinajstić information content (AvgIpc) is 2.34. The van der Waals surface area contributed by atoms with Gasteiger partial charge in [0.25, 0.3) is 0 Å². The third kappa shape index (κ3) is 3.45. The zero-order chi connectivity index (χ0) is 13.8. The van der Waals surface area contributed by atoms with Crippen molar-refractivity contribution in [2.45, 2.75) is 33.7 Å². The molecule has 19 heavy (non-hydrogen) atoms. The minimum atomic E-state index is 0.281. The first-order chi connectivity index (χ1) is 9.10. The summed E-state index contributed by atoms with van der Waals surface area (Å²) in [6.45, 7) is 9.59. The van der Waals surface area contributed by atoms with Crippen LogP contribution in [-0.4, -0.2) is 6.54 Å². The number of hydrogen-bond donors (Lipinski definition) is 1. The summed E-state index contributed by atoms with van der Waals surface area (Å²) in [6, 6.07) is 15.8. The number of aryl methyl sites for hydroxylation is 3. The van der Waals surface area contributed by atoms with Crippen molar-refractivity contribution in [3.63, 3.8) is 0 Å². The van der Waals surface area contributed by atoms with Gasteiger partial charge in [-0.25, -0.2) is 0 Å². The van der Waals surface area contributed by atoms with E-state index in [0.717, 1.165) is 6.54 Å². The first-order valence-corrected chi connectivity index (χ1v) is 6.98. The Labute approximate surface area is 116 Å². The summed E-state index contributed by atoms with van der Waals surface area (Å²) in [5.74, 6) is 0. The van der Waals surface area contributed by atoms with Gasteiger partial charge in [0.2, 0.25) is 0 Å². The highest BCUT2D eigenvalue weighted by atomic mass is 14.9. The molecule has 1 N–H and O–H groups in total. The lowest BCUT2D eigenvalue weighted by molar-refractivity contribution is 0.629. The molecular formula is C18H23N. The predicted octanol–water partition coefficient (Wildman–Crippen LogP) is 4.31. The van der Waals surface area contributed by atoms with Crippen LogP contribution in [-0.2, 0) is 0 Å². The molecule has 0 aliphatic carbocycles. The third-order valence-corrected chi connectivity index (χ3v) is 3.36. The van der Waals surface area contributed by atoms with Crippen molar-refractivity contribution < 1.29 is 0 Å². The Balaban J connectivity index is 2.44. The average molecular weight is 253 g/mol. The fourth-order valence-electron chi connectivity index (χ4n) is 2.66. The van der Waals surface area contributed by atoms with E-state index in [0.29, 0.717) is 0 Å². The largest absolute Gasteiger partial charge is 0.307 e. The van der Waals surface area contributed by atoms with Gasteiger partial charge in [-0.2, -0.15) is 0 Å². The molecular weight excluding hydrogens is 230 g/mol. The first kappa shape index (κ1) is 13.8. The second kappa shape index (κ2) is 6.03. The van der Waals surface area contributed by atoms with Crippen LogP contribution in [0.15, 0.2) is 42.5 Å². The van der Waals surface area contributed by atoms with Crippen molar-refractivity contribution >= 4 is 0 Å². The molecule has 0 fully saturated rings. The Morgan fingerprint density at radius 1 is 0.842 bits per heavy atom. The van der Waals surface area contributed by atoms with E-state index in [-0.39, 0.29) is 6.04 Å². The van der Waals surface area contributed by atoms with Crippen molar-refractivity contribution in [1.82, 2.24) is 5.32 Å². The smallest absolute Gasteiger partial charge is 0.0576 e. The maximum Gasteiger partial charge on any atom is 0.0576 e. The molecule has 0 heterocycles. The van der Waals surface area contributed by atoms with E-state index in [1.807, 2.05) is 0 Å². The van der Waals surface area contributed by atoms with Gasteiger partial charge in [0, 0.05) is 0 Å². The number of rotatable bonds is 4. The van der Waals surface area contributed by atoms with Crippen LogP contribution in [0.3, 0.4) is 0 Å². The van der Waals surface area contributed by atoms with Crippen LogP contribution >= 0.6 is 0 Å². The lowest BCUT2D eigenvalue weighted by Crippen LogP contribution is -2.22. The van der Waals surface area contributed by atoms with Gasteiger partial charge in [-0.15, -0.1) is 0 Å². The summed E-state index contributed by atoms with van der Waals surface area (Å²) < 4.78 is 0. The maximum atomic E-state index is 3.60. The molecule has 0 amide bonds. The molecule has 0 saturated carbocycles. The molecule has 1 nitrogen and oxygen atoms in total. The van der Waals surface area contributed by atoms with E-state index in [1.54, 1.807) is 0 Å². The van der Waals surface area contributed by atoms with Gasteiger partial charge in [0.05, 0.1) is 6.04 Å². The van der Waals surface area contributed by atoms with Crippen LogP contribution in [0.4, 0.5) is 0 Å².